The number of nitrogens with one attached hydrogen (secondary N) is 2. The molecule has 0 radical (unpaired) electrons. The third-order valence-corrected chi connectivity index (χ3v) is 6.04. The van der Waals surface area contributed by atoms with E-state index in [4.69, 9.17) is 9.47 Å². The third kappa shape index (κ3) is 10.4. The summed E-state index contributed by atoms with van der Waals surface area (Å²) in [7, 11) is 0. The number of carbonyl (C=O) groups excluding carboxylic acids is 1. The van der Waals surface area contributed by atoms with Gasteiger partial charge in [0.05, 0.1) is 0 Å². The van der Waals surface area contributed by atoms with Crippen LogP contribution in [0.15, 0.2) is 24.3 Å². The van der Waals surface area contributed by atoms with Crippen LogP contribution in [0.25, 0.3) is 0 Å². The molecule has 1 aromatic carbocycles. The molecule has 0 fully saturated rings. The minimum atomic E-state index is -0.350. The molecular weight excluding hydrogens is 388 g/mol. The molecule has 2 atom stereocenters. The molecule has 5 nitrogen and oxygen atoms in total. The quantitative estimate of drug-likeness (QED) is 0.245. The number of rotatable bonds is 15. The van der Waals surface area contributed by atoms with Crippen molar-refractivity contribution in [2.75, 3.05) is 19.7 Å². The lowest BCUT2D eigenvalue weighted by Crippen LogP contribution is -2.35. The molecule has 5 heteroatoms. The van der Waals surface area contributed by atoms with Crippen LogP contribution >= 0.6 is 0 Å². The van der Waals surface area contributed by atoms with Crippen molar-refractivity contribution in [1.82, 2.24) is 10.6 Å². The average Bonchev–Trinajstić information content (AvgIpc) is 2.72. The second-order valence-corrected chi connectivity index (χ2v) is 9.47. The van der Waals surface area contributed by atoms with E-state index in [0.717, 1.165) is 25.0 Å². The Labute approximate surface area is 190 Å². The van der Waals surface area contributed by atoms with Crippen LogP contribution in [0.2, 0.25) is 0 Å². The van der Waals surface area contributed by atoms with Crippen LogP contribution in [-0.2, 0) is 4.74 Å². The fourth-order valence-corrected chi connectivity index (χ4v) is 4.16. The van der Waals surface area contributed by atoms with Gasteiger partial charge in [0, 0.05) is 13.1 Å². The van der Waals surface area contributed by atoms with Gasteiger partial charge >= 0.3 is 6.09 Å². The van der Waals surface area contributed by atoms with E-state index in [1.54, 1.807) is 0 Å². The molecular formula is C26H46N2O3. The zero-order valence-corrected chi connectivity index (χ0v) is 20.9. The summed E-state index contributed by atoms with van der Waals surface area (Å²) in [5.41, 5.74) is 1.62. The fourth-order valence-electron chi connectivity index (χ4n) is 4.16. The molecule has 0 saturated carbocycles. The van der Waals surface area contributed by atoms with E-state index < -0.39 is 0 Å². The standard InChI is InChI=1S/C26H46N2O3/c1-8-10-11-12-17-28-25(29)30-19-18-27-21(5)31-23-15-13-22(14-16-23)24(20(3)4)26(6,7)9-2/h13-16,20-21,24,27H,8-12,17-19H2,1-7H3,(H,28,29). The highest BCUT2D eigenvalue weighted by Crippen LogP contribution is 2.43. The highest BCUT2D eigenvalue weighted by molar-refractivity contribution is 5.66. The monoisotopic (exact) mass is 434 g/mol. The molecule has 31 heavy (non-hydrogen) atoms. The van der Waals surface area contributed by atoms with Gasteiger partial charge in [0.1, 0.15) is 18.6 Å². The molecule has 0 aromatic heterocycles. The number of benzene rings is 1. The maximum atomic E-state index is 11.6. The van der Waals surface area contributed by atoms with Crippen molar-refractivity contribution >= 4 is 6.09 Å². The molecule has 178 valence electrons. The summed E-state index contributed by atoms with van der Waals surface area (Å²) in [5.74, 6) is 1.93. The number of amides is 1. The molecule has 1 amide bonds. The minimum Gasteiger partial charge on any atom is -0.476 e. The molecule has 1 rings (SSSR count). The van der Waals surface area contributed by atoms with E-state index in [-0.39, 0.29) is 17.7 Å². The van der Waals surface area contributed by atoms with Crippen molar-refractivity contribution in [3.63, 3.8) is 0 Å². The normalized spacial score (nSPS) is 13.7. The predicted molar refractivity (Wildman–Crippen MR) is 130 cm³/mol. The number of hydrogen-bond acceptors (Lipinski definition) is 4. The Morgan fingerprint density at radius 3 is 2.26 bits per heavy atom. The van der Waals surface area contributed by atoms with Gasteiger partial charge in [-0.05, 0) is 48.3 Å². The van der Waals surface area contributed by atoms with Crippen molar-refractivity contribution < 1.29 is 14.3 Å². The molecule has 2 unspecified atom stereocenters. The molecule has 0 spiro atoms. The van der Waals surface area contributed by atoms with Crippen LogP contribution < -0.4 is 15.4 Å². The van der Waals surface area contributed by atoms with E-state index in [9.17, 15) is 4.79 Å². The van der Waals surface area contributed by atoms with Gasteiger partial charge in [-0.25, -0.2) is 4.79 Å². The second-order valence-electron chi connectivity index (χ2n) is 9.47. The molecule has 1 aromatic rings. The molecule has 0 aliphatic heterocycles. The van der Waals surface area contributed by atoms with Gasteiger partial charge in [0.2, 0.25) is 0 Å². The summed E-state index contributed by atoms with van der Waals surface area (Å²) < 4.78 is 11.2. The summed E-state index contributed by atoms with van der Waals surface area (Å²) in [4.78, 5) is 11.6. The molecule has 0 aliphatic carbocycles. The Balaban J connectivity index is 2.36. The van der Waals surface area contributed by atoms with Gasteiger partial charge in [-0.15, -0.1) is 0 Å². The van der Waals surface area contributed by atoms with Gasteiger partial charge in [-0.1, -0.05) is 79.4 Å². The van der Waals surface area contributed by atoms with E-state index in [1.807, 2.05) is 6.92 Å². The van der Waals surface area contributed by atoms with Crippen LogP contribution in [0.4, 0.5) is 4.79 Å². The average molecular weight is 435 g/mol. The summed E-state index contributed by atoms with van der Waals surface area (Å²) in [6, 6.07) is 8.49. The summed E-state index contributed by atoms with van der Waals surface area (Å²) in [6.07, 6.45) is 5.17. The van der Waals surface area contributed by atoms with E-state index in [0.29, 0.717) is 31.5 Å². The fraction of sp³-hybridized carbons (Fsp3) is 0.731. The zero-order valence-electron chi connectivity index (χ0n) is 20.9. The maximum absolute atomic E-state index is 11.6. The largest absolute Gasteiger partial charge is 0.476 e. The van der Waals surface area contributed by atoms with Crippen molar-refractivity contribution in [3.05, 3.63) is 29.8 Å². The Hall–Kier alpha value is -1.75. The van der Waals surface area contributed by atoms with Gasteiger partial charge in [-0.2, -0.15) is 0 Å². The van der Waals surface area contributed by atoms with Gasteiger partial charge in [0.25, 0.3) is 0 Å². The topological polar surface area (TPSA) is 59.6 Å². The number of unbranched alkanes of at least 4 members (excludes halogenated alkanes) is 3. The lowest BCUT2D eigenvalue weighted by molar-refractivity contribution is 0.132. The summed E-state index contributed by atoms with van der Waals surface area (Å²) >= 11 is 0. The summed E-state index contributed by atoms with van der Waals surface area (Å²) in [5, 5.41) is 6.02. The van der Waals surface area contributed by atoms with Crippen LogP contribution in [-0.4, -0.2) is 32.0 Å². The first kappa shape index (κ1) is 27.3. The SMILES string of the molecule is CCCCCCNC(=O)OCCNC(C)Oc1ccc(C(C(C)C)C(C)(C)CC)cc1. The summed E-state index contributed by atoms with van der Waals surface area (Å²) in [6.45, 7) is 17.2. The number of alkyl carbamates (subject to hydrolysis) is 1. The van der Waals surface area contributed by atoms with Crippen LogP contribution in [0.3, 0.4) is 0 Å². The first-order valence-corrected chi connectivity index (χ1v) is 12.1. The first-order chi connectivity index (χ1) is 14.7. The molecule has 2 N–H and O–H groups in total. The third-order valence-electron chi connectivity index (χ3n) is 6.04. The van der Waals surface area contributed by atoms with E-state index in [2.05, 4.69) is 76.4 Å². The second kappa shape index (κ2) is 14.3. The van der Waals surface area contributed by atoms with Crippen LogP contribution in [0.5, 0.6) is 5.75 Å². The predicted octanol–water partition coefficient (Wildman–Crippen LogP) is 6.48. The smallest absolute Gasteiger partial charge is 0.407 e. The first-order valence-electron chi connectivity index (χ1n) is 12.1. The number of carbonyl (C=O) groups is 1. The molecule has 0 saturated heterocycles. The minimum absolute atomic E-state index is 0.167. The highest BCUT2D eigenvalue weighted by Gasteiger charge is 2.31. The van der Waals surface area contributed by atoms with Crippen molar-refractivity contribution in [1.29, 1.82) is 0 Å². The molecule has 0 bridgehead atoms. The van der Waals surface area contributed by atoms with Crippen molar-refractivity contribution in [3.8, 4) is 5.75 Å². The van der Waals surface area contributed by atoms with Gasteiger partial charge < -0.3 is 14.8 Å². The Morgan fingerprint density at radius 1 is 1.00 bits per heavy atom. The van der Waals surface area contributed by atoms with Crippen molar-refractivity contribution in [2.45, 2.75) is 92.7 Å². The van der Waals surface area contributed by atoms with Crippen molar-refractivity contribution in [2.24, 2.45) is 11.3 Å². The number of ether oxygens (including phenoxy) is 2. The maximum Gasteiger partial charge on any atom is 0.407 e. The van der Waals surface area contributed by atoms with E-state index in [1.165, 1.54) is 18.4 Å². The zero-order chi connectivity index (χ0) is 23.3. The number of hydrogen-bond donors (Lipinski definition) is 2. The van der Waals surface area contributed by atoms with Gasteiger partial charge in [-0.3, -0.25) is 5.32 Å². The Morgan fingerprint density at radius 2 is 1.68 bits per heavy atom. The Bertz CT molecular complexity index is 614. The molecule has 0 aliphatic rings. The van der Waals surface area contributed by atoms with Crippen LogP contribution in [0, 0.1) is 11.3 Å². The Kier molecular flexibility index (Phi) is 12.6. The lowest BCUT2D eigenvalue weighted by atomic mass is 9.68. The van der Waals surface area contributed by atoms with Crippen LogP contribution in [0.1, 0.15) is 92.1 Å². The van der Waals surface area contributed by atoms with E-state index >= 15 is 0 Å². The molecule has 0 heterocycles. The van der Waals surface area contributed by atoms with Gasteiger partial charge in [0.15, 0.2) is 0 Å². The lowest BCUT2D eigenvalue weighted by Gasteiger charge is -2.37. The highest BCUT2D eigenvalue weighted by atomic mass is 16.5.